The molecule has 1 aliphatic heterocycles. The van der Waals surface area contributed by atoms with Crippen LogP contribution < -0.4 is 0 Å². The average Bonchev–Trinajstić information content (AvgIpc) is 2.94. The van der Waals surface area contributed by atoms with E-state index in [2.05, 4.69) is 5.10 Å². The predicted molar refractivity (Wildman–Crippen MR) is 70.5 cm³/mol. The third-order valence-corrected chi connectivity index (χ3v) is 4.02. The van der Waals surface area contributed by atoms with Gasteiger partial charge in [-0.25, -0.2) is 0 Å². The Morgan fingerprint density at radius 3 is 2.21 bits per heavy atom. The number of nitrogens with zero attached hydrogens (tertiary/aromatic N) is 3. The van der Waals surface area contributed by atoms with Crippen molar-refractivity contribution in [3.63, 3.8) is 0 Å². The molecule has 0 spiro atoms. The van der Waals surface area contributed by atoms with Gasteiger partial charge in [0.25, 0.3) is 5.91 Å². The second kappa shape index (κ2) is 5.48. The van der Waals surface area contributed by atoms with E-state index in [1.807, 2.05) is 6.92 Å². The first kappa shape index (κ1) is 14.3. The molecule has 1 aromatic heterocycles. The van der Waals surface area contributed by atoms with Crippen LogP contribution in [0.25, 0.3) is 0 Å². The summed E-state index contributed by atoms with van der Waals surface area (Å²) in [4.78, 5) is 14.1. The second-order valence-corrected chi connectivity index (χ2v) is 5.01. The standard InChI is InChI=1S/C12H18ClN3O3/c1-7-10(13)11(14-15(7)2)12(17)16-5-8(18-3)9(6-16)19-4/h8-9H,5-6H2,1-4H3/t8-,9+. The Balaban J connectivity index is 2.19. The third kappa shape index (κ3) is 2.48. The van der Waals surface area contributed by atoms with Gasteiger partial charge in [-0.3, -0.25) is 9.48 Å². The lowest BCUT2D eigenvalue weighted by atomic mass is 10.3. The van der Waals surface area contributed by atoms with Crippen LogP contribution in [0.1, 0.15) is 16.2 Å². The minimum absolute atomic E-state index is 0.113. The molecule has 106 valence electrons. The quantitative estimate of drug-likeness (QED) is 0.828. The Bertz CT molecular complexity index is 477. The van der Waals surface area contributed by atoms with Crippen molar-refractivity contribution < 1.29 is 14.3 Å². The number of halogens is 1. The molecule has 1 fully saturated rings. The highest BCUT2D eigenvalue weighted by Gasteiger charge is 2.37. The van der Waals surface area contributed by atoms with E-state index in [1.54, 1.807) is 30.8 Å². The zero-order valence-electron chi connectivity index (χ0n) is 11.5. The van der Waals surface area contributed by atoms with E-state index in [0.717, 1.165) is 5.69 Å². The number of likely N-dealkylation sites (tertiary alicyclic amines) is 1. The number of aromatic nitrogens is 2. The molecule has 0 radical (unpaired) electrons. The van der Waals surface area contributed by atoms with Crippen LogP contribution in [0.3, 0.4) is 0 Å². The molecule has 7 heteroatoms. The Morgan fingerprint density at radius 1 is 1.32 bits per heavy atom. The molecule has 2 atom stereocenters. The predicted octanol–water partition coefficient (Wildman–Crippen LogP) is 0.868. The van der Waals surface area contributed by atoms with Crippen molar-refractivity contribution in [1.29, 1.82) is 0 Å². The maximum Gasteiger partial charge on any atom is 0.276 e. The van der Waals surface area contributed by atoms with Crippen molar-refractivity contribution in [2.45, 2.75) is 19.1 Å². The van der Waals surface area contributed by atoms with Crippen LogP contribution in [0.2, 0.25) is 5.02 Å². The minimum atomic E-state index is -0.185. The number of methoxy groups -OCH3 is 2. The van der Waals surface area contributed by atoms with Gasteiger partial charge in [-0.05, 0) is 6.92 Å². The van der Waals surface area contributed by atoms with E-state index in [9.17, 15) is 4.79 Å². The Labute approximate surface area is 117 Å². The van der Waals surface area contributed by atoms with Gasteiger partial charge in [-0.15, -0.1) is 0 Å². The Morgan fingerprint density at radius 2 is 1.84 bits per heavy atom. The van der Waals surface area contributed by atoms with Gasteiger partial charge in [0, 0.05) is 34.4 Å². The molecule has 1 aliphatic rings. The fourth-order valence-electron chi connectivity index (χ4n) is 2.23. The summed E-state index contributed by atoms with van der Waals surface area (Å²) in [6.07, 6.45) is -0.227. The molecule has 1 saturated heterocycles. The summed E-state index contributed by atoms with van der Waals surface area (Å²) in [5, 5.41) is 4.57. The van der Waals surface area contributed by atoms with Gasteiger partial charge in [0.15, 0.2) is 5.69 Å². The molecule has 0 unspecified atom stereocenters. The lowest BCUT2D eigenvalue weighted by molar-refractivity contribution is -0.00461. The lowest BCUT2D eigenvalue weighted by Crippen LogP contribution is -2.30. The molecule has 6 nitrogen and oxygen atoms in total. The summed E-state index contributed by atoms with van der Waals surface area (Å²) in [5.74, 6) is -0.185. The van der Waals surface area contributed by atoms with Gasteiger partial charge in [-0.2, -0.15) is 5.10 Å². The van der Waals surface area contributed by atoms with E-state index in [1.165, 1.54) is 0 Å². The van der Waals surface area contributed by atoms with Gasteiger partial charge < -0.3 is 14.4 Å². The highest BCUT2D eigenvalue weighted by Crippen LogP contribution is 2.23. The number of rotatable bonds is 3. The van der Waals surface area contributed by atoms with Crippen LogP contribution in [-0.4, -0.2) is 60.1 Å². The van der Waals surface area contributed by atoms with E-state index in [-0.39, 0.29) is 23.8 Å². The van der Waals surface area contributed by atoms with Crippen molar-refractivity contribution in [1.82, 2.24) is 14.7 Å². The van der Waals surface area contributed by atoms with E-state index < -0.39 is 0 Å². The van der Waals surface area contributed by atoms with Gasteiger partial charge in [0.1, 0.15) is 12.2 Å². The summed E-state index contributed by atoms with van der Waals surface area (Å²) in [6, 6.07) is 0. The van der Waals surface area contributed by atoms with Crippen LogP contribution in [0, 0.1) is 6.92 Å². The van der Waals surface area contributed by atoms with Crippen molar-refractivity contribution in [3.8, 4) is 0 Å². The molecule has 0 bridgehead atoms. The van der Waals surface area contributed by atoms with E-state index in [0.29, 0.717) is 18.1 Å². The number of carbonyl (C=O) groups is 1. The lowest BCUT2D eigenvalue weighted by Gasteiger charge is -2.14. The maximum absolute atomic E-state index is 12.4. The smallest absolute Gasteiger partial charge is 0.276 e. The monoisotopic (exact) mass is 287 g/mol. The van der Waals surface area contributed by atoms with Crippen LogP contribution in [-0.2, 0) is 16.5 Å². The Kier molecular flexibility index (Phi) is 4.13. The number of hydrogen-bond acceptors (Lipinski definition) is 4. The first-order valence-electron chi connectivity index (χ1n) is 6.03. The highest BCUT2D eigenvalue weighted by atomic mass is 35.5. The highest BCUT2D eigenvalue weighted by molar-refractivity contribution is 6.34. The van der Waals surface area contributed by atoms with Gasteiger partial charge in [0.2, 0.25) is 0 Å². The number of ether oxygens (including phenoxy) is 2. The second-order valence-electron chi connectivity index (χ2n) is 4.63. The zero-order valence-corrected chi connectivity index (χ0v) is 12.3. The molecule has 19 heavy (non-hydrogen) atoms. The number of amides is 1. The zero-order chi connectivity index (χ0) is 14.2. The van der Waals surface area contributed by atoms with Crippen LogP contribution in [0.15, 0.2) is 0 Å². The Hall–Kier alpha value is -1.11. The van der Waals surface area contributed by atoms with Crippen LogP contribution >= 0.6 is 11.6 Å². The van der Waals surface area contributed by atoms with Gasteiger partial charge in [0.05, 0.1) is 10.7 Å². The average molecular weight is 288 g/mol. The van der Waals surface area contributed by atoms with Gasteiger partial charge in [-0.1, -0.05) is 11.6 Å². The molecule has 2 rings (SSSR count). The topological polar surface area (TPSA) is 56.6 Å². The number of aryl methyl sites for hydroxylation is 1. The van der Waals surface area contributed by atoms with Crippen molar-refractivity contribution in [2.75, 3.05) is 27.3 Å². The molecular formula is C12H18ClN3O3. The SMILES string of the molecule is CO[C@H]1CN(C(=O)c2nn(C)c(C)c2Cl)C[C@H]1OC. The van der Waals surface area contributed by atoms with Crippen LogP contribution in [0.4, 0.5) is 0 Å². The largest absolute Gasteiger partial charge is 0.377 e. The normalized spacial score (nSPS) is 23.1. The molecule has 0 aliphatic carbocycles. The fourth-order valence-corrected chi connectivity index (χ4v) is 2.47. The first-order chi connectivity index (χ1) is 8.99. The fraction of sp³-hybridized carbons (Fsp3) is 0.667. The van der Waals surface area contributed by atoms with Gasteiger partial charge >= 0.3 is 0 Å². The molecule has 0 N–H and O–H groups in total. The summed E-state index contributed by atoms with van der Waals surface area (Å²) in [7, 11) is 4.99. The summed E-state index contributed by atoms with van der Waals surface area (Å²) in [6.45, 7) is 2.80. The van der Waals surface area contributed by atoms with E-state index >= 15 is 0 Å². The minimum Gasteiger partial charge on any atom is -0.377 e. The summed E-state index contributed by atoms with van der Waals surface area (Å²) in [5.41, 5.74) is 1.06. The first-order valence-corrected chi connectivity index (χ1v) is 6.41. The van der Waals surface area contributed by atoms with Crippen molar-refractivity contribution in [2.24, 2.45) is 7.05 Å². The van der Waals surface area contributed by atoms with Crippen molar-refractivity contribution >= 4 is 17.5 Å². The molecule has 1 aromatic rings. The molecule has 0 saturated carbocycles. The third-order valence-electron chi connectivity index (χ3n) is 3.57. The summed E-state index contributed by atoms with van der Waals surface area (Å²) >= 11 is 6.13. The van der Waals surface area contributed by atoms with Crippen molar-refractivity contribution in [3.05, 3.63) is 16.4 Å². The molecular weight excluding hydrogens is 270 g/mol. The number of carbonyl (C=O) groups excluding carboxylic acids is 1. The summed E-state index contributed by atoms with van der Waals surface area (Å²) < 4.78 is 12.2. The molecule has 1 amide bonds. The maximum atomic E-state index is 12.4. The van der Waals surface area contributed by atoms with Crippen LogP contribution in [0.5, 0.6) is 0 Å². The van der Waals surface area contributed by atoms with E-state index in [4.69, 9.17) is 21.1 Å². The molecule has 2 heterocycles. The molecule has 0 aromatic carbocycles. The number of hydrogen-bond donors (Lipinski definition) is 0.